The van der Waals surface area contributed by atoms with Gasteiger partial charge in [-0.05, 0) is 57.8 Å². The molecule has 1 aliphatic rings. The smallest absolute Gasteiger partial charge is 0.254 e. The van der Waals surface area contributed by atoms with Crippen molar-refractivity contribution in [3.05, 3.63) is 17.5 Å². The standard InChI is InChI=1S/C19H33N3O2/c1-13(2)22-14(3)16(11-21-22)17(23)20-12-19(24)9-7-15(8-10-19)18(4,5)6/h11,13,15,24H,7-10,12H2,1-6H3,(H,20,23). The number of carbonyl (C=O) groups is 1. The Morgan fingerprint density at radius 2 is 2.00 bits per heavy atom. The lowest BCUT2D eigenvalue weighted by Gasteiger charge is -2.41. The van der Waals surface area contributed by atoms with Crippen molar-refractivity contribution in [3.8, 4) is 0 Å². The second-order valence-corrected chi connectivity index (χ2v) is 8.73. The molecule has 5 heteroatoms. The van der Waals surface area contributed by atoms with Crippen LogP contribution in [0.2, 0.25) is 0 Å². The van der Waals surface area contributed by atoms with E-state index < -0.39 is 5.60 Å². The fraction of sp³-hybridized carbons (Fsp3) is 0.789. The van der Waals surface area contributed by atoms with Crippen LogP contribution in [0.25, 0.3) is 0 Å². The van der Waals surface area contributed by atoms with Crippen molar-refractivity contribution < 1.29 is 9.90 Å². The highest BCUT2D eigenvalue weighted by Gasteiger charge is 2.37. The van der Waals surface area contributed by atoms with Crippen LogP contribution in [0.5, 0.6) is 0 Å². The lowest BCUT2D eigenvalue weighted by molar-refractivity contribution is -0.0228. The number of rotatable bonds is 4. The summed E-state index contributed by atoms with van der Waals surface area (Å²) in [5.74, 6) is 0.491. The molecule has 1 saturated carbocycles. The Morgan fingerprint density at radius 1 is 1.42 bits per heavy atom. The van der Waals surface area contributed by atoms with Crippen LogP contribution in [-0.2, 0) is 0 Å². The maximum atomic E-state index is 12.4. The summed E-state index contributed by atoms with van der Waals surface area (Å²) in [6.45, 7) is 13.1. The van der Waals surface area contributed by atoms with Gasteiger partial charge in [0.15, 0.2) is 0 Å². The summed E-state index contributed by atoms with van der Waals surface area (Å²) in [7, 11) is 0. The molecule has 0 aromatic carbocycles. The number of hydrogen-bond donors (Lipinski definition) is 2. The van der Waals surface area contributed by atoms with Crippen LogP contribution in [0.15, 0.2) is 6.20 Å². The van der Waals surface area contributed by atoms with Gasteiger partial charge in [-0.1, -0.05) is 20.8 Å². The van der Waals surface area contributed by atoms with Crippen molar-refractivity contribution in [1.82, 2.24) is 15.1 Å². The summed E-state index contributed by atoms with van der Waals surface area (Å²) in [6.07, 6.45) is 5.14. The van der Waals surface area contributed by atoms with Gasteiger partial charge in [-0.25, -0.2) is 0 Å². The van der Waals surface area contributed by atoms with Gasteiger partial charge in [-0.2, -0.15) is 5.10 Å². The van der Waals surface area contributed by atoms with Gasteiger partial charge in [0, 0.05) is 18.3 Å². The molecule has 0 spiro atoms. The number of carbonyl (C=O) groups excluding carboxylic acids is 1. The number of hydrogen-bond acceptors (Lipinski definition) is 3. The Hall–Kier alpha value is -1.36. The summed E-state index contributed by atoms with van der Waals surface area (Å²) in [6, 6.07) is 0.225. The van der Waals surface area contributed by atoms with E-state index in [-0.39, 0.29) is 17.4 Å². The third-order valence-corrected chi connectivity index (χ3v) is 5.50. The Morgan fingerprint density at radius 3 is 2.46 bits per heavy atom. The molecule has 1 fully saturated rings. The highest BCUT2D eigenvalue weighted by atomic mass is 16.3. The highest BCUT2D eigenvalue weighted by Crippen LogP contribution is 2.41. The average molecular weight is 335 g/mol. The number of nitrogens with zero attached hydrogens (tertiary/aromatic N) is 2. The van der Waals surface area contributed by atoms with E-state index in [0.717, 1.165) is 31.4 Å². The van der Waals surface area contributed by atoms with E-state index in [4.69, 9.17) is 0 Å². The second kappa shape index (κ2) is 6.87. The molecule has 1 aliphatic carbocycles. The fourth-order valence-corrected chi connectivity index (χ4v) is 3.70. The van der Waals surface area contributed by atoms with E-state index >= 15 is 0 Å². The van der Waals surface area contributed by atoms with Crippen LogP contribution >= 0.6 is 0 Å². The van der Waals surface area contributed by atoms with Gasteiger partial charge >= 0.3 is 0 Å². The van der Waals surface area contributed by atoms with Crippen molar-refractivity contribution in [1.29, 1.82) is 0 Å². The third-order valence-electron chi connectivity index (χ3n) is 5.50. The van der Waals surface area contributed by atoms with Crippen LogP contribution in [0.4, 0.5) is 0 Å². The SMILES string of the molecule is Cc1c(C(=O)NCC2(O)CCC(C(C)(C)C)CC2)cnn1C(C)C. The van der Waals surface area contributed by atoms with Crippen molar-refractivity contribution in [3.63, 3.8) is 0 Å². The summed E-state index contributed by atoms with van der Waals surface area (Å²) in [5.41, 5.74) is 0.966. The zero-order valence-electron chi connectivity index (χ0n) is 16.0. The molecule has 1 heterocycles. The molecular formula is C19H33N3O2. The first-order valence-corrected chi connectivity index (χ1v) is 9.08. The van der Waals surface area contributed by atoms with Crippen LogP contribution in [0.3, 0.4) is 0 Å². The Kier molecular flexibility index (Phi) is 5.43. The molecule has 0 bridgehead atoms. The van der Waals surface area contributed by atoms with Crippen LogP contribution in [-0.4, -0.2) is 32.9 Å². The molecule has 0 radical (unpaired) electrons. The maximum Gasteiger partial charge on any atom is 0.254 e. The fourth-order valence-electron chi connectivity index (χ4n) is 3.70. The molecular weight excluding hydrogens is 302 g/mol. The molecule has 1 aromatic heterocycles. The van der Waals surface area contributed by atoms with E-state index in [1.165, 1.54) is 0 Å². The summed E-state index contributed by atoms with van der Waals surface area (Å²) < 4.78 is 1.85. The normalized spacial score (nSPS) is 25.1. The van der Waals surface area contributed by atoms with E-state index in [1.807, 2.05) is 25.5 Å². The molecule has 1 aromatic rings. The predicted molar refractivity (Wildman–Crippen MR) is 96.0 cm³/mol. The van der Waals surface area contributed by atoms with Gasteiger partial charge < -0.3 is 10.4 Å². The summed E-state index contributed by atoms with van der Waals surface area (Å²) in [4.78, 5) is 12.4. The molecule has 2 N–H and O–H groups in total. The number of aromatic nitrogens is 2. The predicted octanol–water partition coefficient (Wildman–Crippen LogP) is 3.47. The van der Waals surface area contributed by atoms with Gasteiger partial charge in [0.2, 0.25) is 0 Å². The highest BCUT2D eigenvalue weighted by molar-refractivity contribution is 5.95. The van der Waals surface area contributed by atoms with Crippen molar-refractivity contribution in [2.24, 2.45) is 11.3 Å². The maximum absolute atomic E-state index is 12.4. The van der Waals surface area contributed by atoms with Crippen molar-refractivity contribution in [2.45, 2.75) is 78.9 Å². The molecule has 136 valence electrons. The minimum absolute atomic E-state index is 0.147. The quantitative estimate of drug-likeness (QED) is 0.885. The van der Waals surface area contributed by atoms with Gasteiger partial charge in [0.05, 0.1) is 17.4 Å². The average Bonchev–Trinajstić information content (AvgIpc) is 2.86. The van der Waals surface area contributed by atoms with Crippen LogP contribution < -0.4 is 5.32 Å². The topological polar surface area (TPSA) is 67.2 Å². The minimum atomic E-state index is -0.778. The molecule has 0 saturated heterocycles. The third kappa shape index (κ3) is 4.18. The summed E-state index contributed by atoms with van der Waals surface area (Å²) in [5, 5.41) is 18.0. The lowest BCUT2D eigenvalue weighted by Crippen LogP contribution is -2.46. The van der Waals surface area contributed by atoms with E-state index in [2.05, 4.69) is 31.2 Å². The molecule has 0 unspecified atom stereocenters. The first-order chi connectivity index (χ1) is 11.0. The van der Waals surface area contributed by atoms with Crippen molar-refractivity contribution in [2.75, 3.05) is 6.54 Å². The minimum Gasteiger partial charge on any atom is -0.388 e. The number of amides is 1. The lowest BCUT2D eigenvalue weighted by atomic mass is 9.68. The zero-order valence-corrected chi connectivity index (χ0v) is 16.0. The first kappa shape index (κ1) is 19.0. The van der Waals surface area contributed by atoms with Crippen LogP contribution in [0, 0.1) is 18.3 Å². The molecule has 0 atom stereocenters. The molecule has 1 amide bonds. The molecule has 2 rings (SSSR count). The monoisotopic (exact) mass is 335 g/mol. The second-order valence-electron chi connectivity index (χ2n) is 8.73. The van der Waals surface area contributed by atoms with Gasteiger partial charge in [0.25, 0.3) is 5.91 Å². The molecule has 5 nitrogen and oxygen atoms in total. The van der Waals surface area contributed by atoms with E-state index in [9.17, 15) is 9.90 Å². The molecule has 24 heavy (non-hydrogen) atoms. The van der Waals surface area contributed by atoms with Crippen molar-refractivity contribution >= 4 is 5.91 Å². The zero-order chi connectivity index (χ0) is 18.1. The van der Waals surface area contributed by atoms with Crippen LogP contribution in [0.1, 0.15) is 82.4 Å². The Balaban J connectivity index is 1.93. The first-order valence-electron chi connectivity index (χ1n) is 9.08. The van der Waals surface area contributed by atoms with Gasteiger partial charge in [0.1, 0.15) is 0 Å². The Labute approximate surface area is 145 Å². The number of nitrogens with one attached hydrogen (secondary N) is 1. The summed E-state index contributed by atoms with van der Waals surface area (Å²) >= 11 is 0. The van der Waals surface area contributed by atoms with Gasteiger partial charge in [-0.15, -0.1) is 0 Å². The Bertz CT molecular complexity index is 576. The molecule has 0 aliphatic heterocycles. The number of aliphatic hydroxyl groups is 1. The van der Waals surface area contributed by atoms with Gasteiger partial charge in [-0.3, -0.25) is 9.48 Å². The van der Waals surface area contributed by atoms with E-state index in [0.29, 0.717) is 18.0 Å². The van der Waals surface area contributed by atoms with E-state index in [1.54, 1.807) is 6.20 Å². The largest absolute Gasteiger partial charge is 0.388 e.